The number of carbonyl (C=O) groups excluding carboxylic acids is 1. The molecule has 0 unspecified atom stereocenters. The molecule has 188 valence electrons. The molecule has 0 aromatic heterocycles. The first kappa shape index (κ1) is 24.2. The number of carbonyl (C=O) groups is 1. The highest BCUT2D eigenvalue weighted by Crippen LogP contribution is 2.41. The maximum atomic E-state index is 14.9. The minimum Gasteiger partial charge on any atom is -0.493 e. The molecule has 3 aliphatic rings. The van der Waals surface area contributed by atoms with E-state index in [0.717, 1.165) is 38.8 Å². The van der Waals surface area contributed by atoms with Crippen LogP contribution in [0.1, 0.15) is 62.2 Å². The standard InChI is InChI=1S/C29H36F2N2O2/c1-29(11-4-12-29)20-32-15-9-21(10-16-32)19-35-23-6-8-24(27(31)18-23)22-5-7-25(26(30)17-22)28(34)33-13-2-3-14-33/h5-8,17-18,21H,2-4,9-16,19-20H2,1H3. The fourth-order valence-electron chi connectivity index (χ4n) is 5.77. The van der Waals surface area contributed by atoms with Gasteiger partial charge in [-0.3, -0.25) is 4.79 Å². The normalized spacial score (nSPS) is 20.6. The molecule has 0 bridgehead atoms. The van der Waals surface area contributed by atoms with E-state index in [1.165, 1.54) is 44.0 Å². The third kappa shape index (κ3) is 5.53. The molecule has 0 N–H and O–H groups in total. The van der Waals surface area contributed by atoms with Gasteiger partial charge < -0.3 is 14.5 Å². The third-order valence-electron chi connectivity index (χ3n) is 8.20. The van der Waals surface area contributed by atoms with Gasteiger partial charge in [-0.25, -0.2) is 8.78 Å². The molecule has 2 aromatic rings. The van der Waals surface area contributed by atoms with Crippen molar-refractivity contribution in [1.29, 1.82) is 0 Å². The van der Waals surface area contributed by atoms with Crippen molar-refractivity contribution in [1.82, 2.24) is 9.80 Å². The maximum Gasteiger partial charge on any atom is 0.256 e. The van der Waals surface area contributed by atoms with Crippen LogP contribution in [-0.2, 0) is 0 Å². The van der Waals surface area contributed by atoms with Gasteiger partial charge in [0.1, 0.15) is 17.4 Å². The summed E-state index contributed by atoms with van der Waals surface area (Å²) in [5.41, 5.74) is 1.28. The van der Waals surface area contributed by atoms with Crippen molar-refractivity contribution in [2.45, 2.75) is 51.9 Å². The van der Waals surface area contributed by atoms with E-state index in [1.807, 2.05) is 0 Å². The smallest absolute Gasteiger partial charge is 0.256 e. The molecule has 2 saturated heterocycles. The Morgan fingerprint density at radius 3 is 2.34 bits per heavy atom. The predicted octanol–water partition coefficient (Wildman–Crippen LogP) is 6.15. The zero-order valence-corrected chi connectivity index (χ0v) is 20.7. The van der Waals surface area contributed by atoms with Gasteiger partial charge >= 0.3 is 0 Å². The van der Waals surface area contributed by atoms with Gasteiger partial charge in [-0.2, -0.15) is 0 Å². The lowest BCUT2D eigenvalue weighted by Crippen LogP contribution is -2.44. The molecule has 0 atom stereocenters. The predicted molar refractivity (Wildman–Crippen MR) is 134 cm³/mol. The molecule has 5 rings (SSSR count). The Hall–Kier alpha value is -2.47. The molecule has 2 aromatic carbocycles. The Labute approximate surface area is 207 Å². The Bertz CT molecular complexity index is 1050. The topological polar surface area (TPSA) is 32.8 Å². The molecule has 2 heterocycles. The van der Waals surface area contributed by atoms with Gasteiger partial charge in [0.05, 0.1) is 12.2 Å². The summed E-state index contributed by atoms with van der Waals surface area (Å²) < 4.78 is 35.6. The summed E-state index contributed by atoms with van der Waals surface area (Å²) in [4.78, 5) is 16.8. The number of nitrogens with zero attached hydrogens (tertiary/aromatic N) is 2. The molecular formula is C29H36F2N2O2. The van der Waals surface area contributed by atoms with Crippen LogP contribution in [0.25, 0.3) is 11.1 Å². The minimum absolute atomic E-state index is 0.0452. The number of rotatable bonds is 7. The van der Waals surface area contributed by atoms with Gasteiger partial charge in [0.15, 0.2) is 0 Å². The summed E-state index contributed by atoms with van der Waals surface area (Å²) in [7, 11) is 0. The SMILES string of the molecule is CC1(CN2CCC(COc3ccc(-c4ccc(C(=O)N5CCCC5)c(F)c4)c(F)c3)CC2)CCC1. The van der Waals surface area contributed by atoms with Gasteiger partial charge in [-0.15, -0.1) is 0 Å². The first-order chi connectivity index (χ1) is 16.9. The van der Waals surface area contributed by atoms with Crippen molar-refractivity contribution in [3.05, 3.63) is 53.6 Å². The number of ether oxygens (including phenoxy) is 1. The lowest BCUT2D eigenvalue weighted by atomic mass is 9.70. The van der Waals surface area contributed by atoms with Crippen molar-refractivity contribution in [2.24, 2.45) is 11.3 Å². The van der Waals surface area contributed by atoms with Crippen LogP contribution >= 0.6 is 0 Å². The highest BCUT2D eigenvalue weighted by molar-refractivity contribution is 5.95. The van der Waals surface area contributed by atoms with E-state index in [-0.39, 0.29) is 11.5 Å². The monoisotopic (exact) mass is 482 g/mol. The maximum absolute atomic E-state index is 14.9. The van der Waals surface area contributed by atoms with E-state index in [2.05, 4.69) is 11.8 Å². The fraction of sp³-hybridized carbons (Fsp3) is 0.552. The third-order valence-corrected chi connectivity index (χ3v) is 8.20. The first-order valence-electron chi connectivity index (χ1n) is 13.1. The Balaban J connectivity index is 1.15. The van der Waals surface area contributed by atoms with Crippen molar-refractivity contribution in [2.75, 3.05) is 39.3 Å². The van der Waals surface area contributed by atoms with Crippen molar-refractivity contribution < 1.29 is 18.3 Å². The molecule has 0 spiro atoms. The molecule has 2 aliphatic heterocycles. The van der Waals surface area contributed by atoms with Gasteiger partial charge in [0.2, 0.25) is 0 Å². The van der Waals surface area contributed by atoms with Crippen LogP contribution in [-0.4, -0.2) is 55.0 Å². The Morgan fingerprint density at radius 1 is 0.971 bits per heavy atom. The van der Waals surface area contributed by atoms with E-state index in [1.54, 1.807) is 23.1 Å². The lowest BCUT2D eigenvalue weighted by molar-refractivity contribution is 0.0564. The first-order valence-corrected chi connectivity index (χ1v) is 13.1. The molecule has 0 radical (unpaired) electrons. The largest absolute Gasteiger partial charge is 0.493 e. The van der Waals surface area contributed by atoms with E-state index in [0.29, 0.717) is 47.9 Å². The lowest BCUT2D eigenvalue weighted by Gasteiger charge is -2.44. The minimum atomic E-state index is -0.614. The van der Waals surface area contributed by atoms with Gasteiger partial charge in [0, 0.05) is 31.3 Å². The Morgan fingerprint density at radius 2 is 1.71 bits per heavy atom. The molecule has 4 nitrogen and oxygen atoms in total. The second-order valence-electron chi connectivity index (χ2n) is 11.0. The van der Waals surface area contributed by atoms with Crippen LogP contribution in [0.2, 0.25) is 0 Å². The number of amides is 1. The van der Waals surface area contributed by atoms with Crippen LogP contribution in [0, 0.1) is 23.0 Å². The van der Waals surface area contributed by atoms with E-state index < -0.39 is 11.6 Å². The zero-order valence-electron chi connectivity index (χ0n) is 20.7. The van der Waals surface area contributed by atoms with Crippen LogP contribution in [0.4, 0.5) is 8.78 Å². The molecule has 35 heavy (non-hydrogen) atoms. The number of hydrogen-bond donors (Lipinski definition) is 0. The van der Waals surface area contributed by atoms with Crippen LogP contribution in [0.5, 0.6) is 5.75 Å². The zero-order chi connectivity index (χ0) is 24.4. The van der Waals surface area contributed by atoms with Gasteiger partial charge in [-0.1, -0.05) is 19.4 Å². The highest BCUT2D eigenvalue weighted by Gasteiger charge is 2.34. The van der Waals surface area contributed by atoms with Gasteiger partial charge in [0.25, 0.3) is 5.91 Å². The average molecular weight is 483 g/mol. The average Bonchev–Trinajstić information content (AvgIpc) is 3.37. The second kappa shape index (κ2) is 10.3. The number of hydrogen-bond acceptors (Lipinski definition) is 3. The molecule has 1 aliphatic carbocycles. The molecule has 6 heteroatoms. The van der Waals surface area contributed by atoms with E-state index in [9.17, 15) is 13.6 Å². The summed E-state index contributed by atoms with van der Waals surface area (Å²) in [5, 5.41) is 0. The van der Waals surface area contributed by atoms with E-state index in [4.69, 9.17) is 4.74 Å². The molecule has 3 fully saturated rings. The summed E-state index contributed by atoms with van der Waals surface area (Å²) in [6.45, 7) is 7.74. The second-order valence-corrected chi connectivity index (χ2v) is 11.0. The molecule has 1 amide bonds. The number of likely N-dealkylation sites (tertiary alicyclic amines) is 2. The molecular weight excluding hydrogens is 446 g/mol. The summed E-state index contributed by atoms with van der Waals surface area (Å²) in [6.07, 6.45) is 8.19. The molecule has 1 saturated carbocycles. The van der Waals surface area contributed by atoms with Crippen molar-refractivity contribution in [3.63, 3.8) is 0 Å². The van der Waals surface area contributed by atoms with Crippen LogP contribution in [0.15, 0.2) is 36.4 Å². The highest BCUT2D eigenvalue weighted by atomic mass is 19.1. The van der Waals surface area contributed by atoms with Crippen LogP contribution < -0.4 is 4.74 Å². The van der Waals surface area contributed by atoms with Crippen molar-refractivity contribution in [3.8, 4) is 16.9 Å². The van der Waals surface area contributed by atoms with E-state index >= 15 is 0 Å². The summed E-state index contributed by atoms with van der Waals surface area (Å²) in [6, 6.07) is 9.08. The Kier molecular flexibility index (Phi) is 7.10. The number of benzene rings is 2. The van der Waals surface area contributed by atoms with Gasteiger partial charge in [-0.05, 0) is 92.8 Å². The quantitative estimate of drug-likeness (QED) is 0.475. The van der Waals surface area contributed by atoms with Crippen molar-refractivity contribution >= 4 is 5.91 Å². The summed E-state index contributed by atoms with van der Waals surface area (Å²) in [5.74, 6) is -0.380. The van der Waals surface area contributed by atoms with Crippen LogP contribution in [0.3, 0.4) is 0 Å². The fourth-order valence-corrected chi connectivity index (χ4v) is 5.77. The number of piperidine rings is 1. The number of halogens is 2. The summed E-state index contributed by atoms with van der Waals surface area (Å²) >= 11 is 0.